The smallest absolute Gasteiger partial charge is 0.384 e. The van der Waals surface area contributed by atoms with Crippen LogP contribution in [0.5, 0.6) is 0 Å². The van der Waals surface area contributed by atoms with Gasteiger partial charge in [-0.2, -0.15) is 0 Å². The highest BCUT2D eigenvalue weighted by Gasteiger charge is 1.95. The highest BCUT2D eigenvalue weighted by molar-refractivity contribution is 7.85. The molecule has 0 rings (SSSR count). The Morgan fingerprint density at radius 3 is 2.93 bits per heavy atom. The minimum absolute atomic E-state index is 0.329. The van der Waals surface area contributed by atoms with Crippen LogP contribution in [0.15, 0.2) is 12.7 Å². The molecule has 0 aromatic heterocycles. The highest BCUT2D eigenvalue weighted by atomic mass is 32.2. The Bertz CT molecular complexity index is 273. The molecule has 4 heteroatoms. The van der Waals surface area contributed by atoms with Crippen molar-refractivity contribution < 1.29 is 13.7 Å². The maximum Gasteiger partial charge on any atom is 0.384 e. The summed E-state index contributed by atoms with van der Waals surface area (Å²) in [6, 6.07) is 0. The lowest BCUT2D eigenvalue weighted by Crippen LogP contribution is -2.01. The lowest BCUT2D eigenvalue weighted by atomic mass is 10.5. The van der Waals surface area contributed by atoms with Gasteiger partial charge in [-0.1, -0.05) is 12.0 Å². The SMILES string of the molecule is C=CCS(=O)CCC#CC(=O)OCC. The van der Waals surface area contributed by atoms with E-state index in [1.807, 2.05) is 0 Å². The second-order valence-electron chi connectivity index (χ2n) is 2.37. The maximum atomic E-state index is 11.1. The third-order valence-corrected chi connectivity index (χ3v) is 2.49. The zero-order valence-corrected chi connectivity index (χ0v) is 9.06. The van der Waals surface area contributed by atoms with Crippen LogP contribution in [0.4, 0.5) is 0 Å². The van der Waals surface area contributed by atoms with E-state index in [4.69, 9.17) is 0 Å². The Hall–Kier alpha value is -1.08. The van der Waals surface area contributed by atoms with Crippen molar-refractivity contribution in [3.8, 4) is 11.8 Å². The second-order valence-corrected chi connectivity index (χ2v) is 3.99. The summed E-state index contributed by atoms with van der Waals surface area (Å²) in [5, 5.41) is 0. The van der Waals surface area contributed by atoms with E-state index >= 15 is 0 Å². The van der Waals surface area contributed by atoms with E-state index in [9.17, 15) is 9.00 Å². The van der Waals surface area contributed by atoms with Crippen LogP contribution in [0.2, 0.25) is 0 Å². The number of carbonyl (C=O) groups is 1. The predicted molar refractivity (Wildman–Crippen MR) is 57.1 cm³/mol. The lowest BCUT2D eigenvalue weighted by Gasteiger charge is -1.92. The molecule has 1 atom stereocenters. The normalized spacial score (nSPS) is 10.9. The standard InChI is InChI=1S/C10H14O3S/c1-3-8-14(12)9-6-5-7-10(11)13-4-2/h3H,1,4,6,8-9H2,2H3. The van der Waals surface area contributed by atoms with E-state index < -0.39 is 16.8 Å². The molecule has 14 heavy (non-hydrogen) atoms. The Balaban J connectivity index is 3.66. The van der Waals surface area contributed by atoms with Crippen LogP contribution in [0, 0.1) is 11.8 Å². The van der Waals surface area contributed by atoms with E-state index in [0.29, 0.717) is 24.5 Å². The first-order chi connectivity index (χ1) is 6.70. The van der Waals surface area contributed by atoms with Crippen LogP contribution in [-0.4, -0.2) is 28.3 Å². The summed E-state index contributed by atoms with van der Waals surface area (Å²) in [6.07, 6.45) is 2.05. The summed E-state index contributed by atoms with van der Waals surface area (Å²) >= 11 is 0. The van der Waals surface area contributed by atoms with Crippen LogP contribution in [0.1, 0.15) is 13.3 Å². The van der Waals surface area contributed by atoms with Gasteiger partial charge in [-0.25, -0.2) is 4.79 Å². The van der Waals surface area contributed by atoms with E-state index in [2.05, 4.69) is 23.2 Å². The Morgan fingerprint density at radius 1 is 1.64 bits per heavy atom. The van der Waals surface area contributed by atoms with Crippen LogP contribution in [-0.2, 0) is 20.3 Å². The van der Waals surface area contributed by atoms with Crippen LogP contribution < -0.4 is 0 Å². The zero-order valence-electron chi connectivity index (χ0n) is 8.25. The molecule has 3 nitrogen and oxygen atoms in total. The predicted octanol–water partition coefficient (Wildman–Crippen LogP) is 0.878. The Labute approximate surface area is 87.0 Å². The molecule has 0 bridgehead atoms. The number of hydrogen-bond donors (Lipinski definition) is 0. The van der Waals surface area contributed by atoms with E-state index in [1.54, 1.807) is 13.0 Å². The van der Waals surface area contributed by atoms with Crippen molar-refractivity contribution in [3.63, 3.8) is 0 Å². The molecule has 0 fully saturated rings. The van der Waals surface area contributed by atoms with Crippen molar-refractivity contribution in [2.75, 3.05) is 18.1 Å². The summed E-state index contributed by atoms with van der Waals surface area (Å²) in [5.41, 5.74) is 0. The third kappa shape index (κ3) is 7.56. The molecule has 0 aliphatic heterocycles. The van der Waals surface area contributed by atoms with E-state index in [1.165, 1.54) is 0 Å². The molecule has 0 aliphatic rings. The average Bonchev–Trinajstić information content (AvgIpc) is 2.13. The number of hydrogen-bond acceptors (Lipinski definition) is 3. The van der Waals surface area contributed by atoms with Gasteiger partial charge in [-0.05, 0) is 6.92 Å². The molecule has 0 radical (unpaired) electrons. The molecular formula is C10H14O3S. The second kappa shape index (κ2) is 8.52. The molecule has 78 valence electrons. The van der Waals surface area contributed by atoms with Crippen molar-refractivity contribution in [2.24, 2.45) is 0 Å². The van der Waals surface area contributed by atoms with E-state index in [0.717, 1.165) is 0 Å². The van der Waals surface area contributed by atoms with Crippen molar-refractivity contribution in [3.05, 3.63) is 12.7 Å². The first-order valence-corrected chi connectivity index (χ1v) is 5.81. The molecule has 0 aromatic carbocycles. The van der Waals surface area contributed by atoms with E-state index in [-0.39, 0.29) is 0 Å². The topological polar surface area (TPSA) is 43.4 Å². The van der Waals surface area contributed by atoms with Crippen molar-refractivity contribution in [2.45, 2.75) is 13.3 Å². The van der Waals surface area contributed by atoms with Crippen LogP contribution in [0.25, 0.3) is 0 Å². The van der Waals surface area contributed by atoms with Gasteiger partial charge in [-0.15, -0.1) is 6.58 Å². The maximum absolute atomic E-state index is 11.1. The van der Waals surface area contributed by atoms with Crippen molar-refractivity contribution in [1.82, 2.24) is 0 Å². The van der Waals surface area contributed by atoms with Gasteiger partial charge >= 0.3 is 5.97 Å². The molecule has 0 saturated heterocycles. The monoisotopic (exact) mass is 214 g/mol. The molecule has 0 heterocycles. The fourth-order valence-electron chi connectivity index (χ4n) is 0.681. The van der Waals surface area contributed by atoms with Gasteiger partial charge < -0.3 is 4.74 Å². The van der Waals surface area contributed by atoms with Gasteiger partial charge in [0.1, 0.15) is 0 Å². The molecular weight excluding hydrogens is 200 g/mol. The van der Waals surface area contributed by atoms with Gasteiger partial charge in [-0.3, -0.25) is 4.21 Å². The van der Waals surface area contributed by atoms with Gasteiger partial charge in [0.05, 0.1) is 6.61 Å². The molecule has 0 spiro atoms. The summed E-state index contributed by atoms with van der Waals surface area (Å²) in [4.78, 5) is 10.7. The summed E-state index contributed by atoms with van der Waals surface area (Å²) in [7, 11) is -0.911. The summed E-state index contributed by atoms with van der Waals surface area (Å²) in [5.74, 6) is 5.34. The van der Waals surface area contributed by atoms with Gasteiger partial charge in [0.25, 0.3) is 0 Å². The first kappa shape index (κ1) is 12.9. The van der Waals surface area contributed by atoms with Gasteiger partial charge in [0, 0.05) is 34.6 Å². The number of carbonyl (C=O) groups excluding carboxylic acids is 1. The molecule has 0 N–H and O–H groups in total. The Kier molecular flexibility index (Phi) is 7.86. The van der Waals surface area contributed by atoms with Crippen molar-refractivity contribution >= 4 is 16.8 Å². The number of rotatable bonds is 5. The first-order valence-electron chi connectivity index (χ1n) is 4.32. The number of esters is 1. The molecule has 0 amide bonds. The minimum Gasteiger partial charge on any atom is -0.456 e. The minimum atomic E-state index is -0.911. The quantitative estimate of drug-likeness (QED) is 0.295. The molecule has 0 saturated carbocycles. The van der Waals surface area contributed by atoms with Gasteiger partial charge in [0.15, 0.2) is 0 Å². The van der Waals surface area contributed by atoms with Crippen LogP contribution in [0.3, 0.4) is 0 Å². The summed E-state index contributed by atoms with van der Waals surface area (Å²) < 4.78 is 15.7. The summed E-state index contributed by atoms with van der Waals surface area (Å²) in [6.45, 7) is 5.53. The average molecular weight is 214 g/mol. The van der Waals surface area contributed by atoms with Crippen LogP contribution >= 0.6 is 0 Å². The van der Waals surface area contributed by atoms with Crippen molar-refractivity contribution in [1.29, 1.82) is 0 Å². The Morgan fingerprint density at radius 2 is 2.36 bits per heavy atom. The molecule has 0 aliphatic carbocycles. The molecule has 1 unspecified atom stereocenters. The number of ether oxygens (including phenoxy) is 1. The largest absolute Gasteiger partial charge is 0.456 e. The zero-order chi connectivity index (χ0) is 10.8. The van der Waals surface area contributed by atoms with Gasteiger partial charge in [0.2, 0.25) is 0 Å². The highest BCUT2D eigenvalue weighted by Crippen LogP contribution is 1.87. The molecule has 0 aromatic rings. The third-order valence-electron chi connectivity index (χ3n) is 1.22. The fourth-order valence-corrected chi connectivity index (χ4v) is 1.44. The lowest BCUT2D eigenvalue weighted by molar-refractivity contribution is -0.136. The fraction of sp³-hybridized carbons (Fsp3) is 0.500.